The number of nitrogens with one attached hydrogen (secondary N) is 1. The average molecular weight is 254 g/mol. The predicted molar refractivity (Wildman–Crippen MR) is 76.4 cm³/mol. The lowest BCUT2D eigenvalue weighted by Gasteiger charge is -2.25. The Morgan fingerprint density at radius 1 is 1.16 bits per heavy atom. The van der Waals surface area contributed by atoms with Crippen LogP contribution in [-0.4, -0.2) is 9.97 Å². The molecule has 3 heteroatoms. The largest absolute Gasteiger partial charge is 0.323 e. The van der Waals surface area contributed by atoms with Crippen molar-refractivity contribution in [3.63, 3.8) is 0 Å². The van der Waals surface area contributed by atoms with E-state index in [1.807, 2.05) is 26.0 Å². The summed E-state index contributed by atoms with van der Waals surface area (Å²) in [6.07, 6.45) is 3.93. The SMILES string of the molecule is Cc1nc(-c2ccc(C3CCC3)cc2)c(=O)[nH]c1C. The van der Waals surface area contributed by atoms with Crippen molar-refractivity contribution < 1.29 is 0 Å². The van der Waals surface area contributed by atoms with Crippen LogP contribution in [0.1, 0.15) is 42.1 Å². The Kier molecular flexibility index (Phi) is 2.97. The number of nitrogens with zero attached hydrogens (tertiary/aromatic N) is 1. The fourth-order valence-corrected chi connectivity index (χ4v) is 2.47. The molecule has 19 heavy (non-hydrogen) atoms. The Morgan fingerprint density at radius 3 is 2.42 bits per heavy atom. The zero-order valence-corrected chi connectivity index (χ0v) is 11.4. The molecule has 1 N–H and O–H groups in total. The summed E-state index contributed by atoms with van der Waals surface area (Å²) in [4.78, 5) is 19.2. The molecule has 0 aliphatic heterocycles. The van der Waals surface area contributed by atoms with E-state index in [1.54, 1.807) is 0 Å². The van der Waals surface area contributed by atoms with E-state index < -0.39 is 0 Å². The van der Waals surface area contributed by atoms with Crippen molar-refractivity contribution in [1.82, 2.24) is 9.97 Å². The standard InChI is InChI=1S/C16H18N2O/c1-10-11(2)18-16(19)15(17-10)14-8-6-13(7-9-14)12-4-3-5-12/h6-9,12H,3-5H2,1-2H3,(H,18,19). The minimum atomic E-state index is -0.112. The molecule has 1 aliphatic carbocycles. The molecule has 1 heterocycles. The molecule has 98 valence electrons. The molecule has 0 atom stereocenters. The van der Waals surface area contributed by atoms with Gasteiger partial charge in [0, 0.05) is 11.3 Å². The predicted octanol–water partition coefficient (Wildman–Crippen LogP) is 3.32. The number of hydrogen-bond acceptors (Lipinski definition) is 2. The Labute approximate surface area is 112 Å². The summed E-state index contributed by atoms with van der Waals surface area (Å²) >= 11 is 0. The maximum atomic E-state index is 12.0. The first-order valence-electron chi connectivity index (χ1n) is 6.83. The first-order valence-corrected chi connectivity index (χ1v) is 6.83. The molecule has 0 spiro atoms. The first kappa shape index (κ1) is 12.2. The fourth-order valence-electron chi connectivity index (χ4n) is 2.47. The van der Waals surface area contributed by atoms with Gasteiger partial charge in [-0.05, 0) is 38.2 Å². The van der Waals surface area contributed by atoms with Gasteiger partial charge in [0.2, 0.25) is 0 Å². The van der Waals surface area contributed by atoms with Crippen LogP contribution in [0.2, 0.25) is 0 Å². The molecule has 0 amide bonds. The lowest BCUT2D eigenvalue weighted by Crippen LogP contribution is -2.14. The first-order chi connectivity index (χ1) is 9.15. The van der Waals surface area contributed by atoms with Gasteiger partial charge in [0.15, 0.2) is 0 Å². The number of aryl methyl sites for hydroxylation is 2. The van der Waals surface area contributed by atoms with Gasteiger partial charge in [-0.15, -0.1) is 0 Å². The van der Waals surface area contributed by atoms with Crippen LogP contribution >= 0.6 is 0 Å². The molecule has 2 aromatic rings. The van der Waals surface area contributed by atoms with Crippen molar-refractivity contribution in [3.8, 4) is 11.3 Å². The summed E-state index contributed by atoms with van der Waals surface area (Å²) in [5.74, 6) is 0.722. The van der Waals surface area contributed by atoms with Crippen LogP contribution in [0.5, 0.6) is 0 Å². The monoisotopic (exact) mass is 254 g/mol. The molecule has 0 bridgehead atoms. The van der Waals surface area contributed by atoms with Gasteiger partial charge in [-0.2, -0.15) is 0 Å². The van der Waals surface area contributed by atoms with E-state index in [9.17, 15) is 4.79 Å². The molecular weight excluding hydrogens is 236 g/mol. The van der Waals surface area contributed by atoms with Gasteiger partial charge in [-0.1, -0.05) is 30.7 Å². The highest BCUT2D eigenvalue weighted by molar-refractivity contribution is 5.59. The summed E-state index contributed by atoms with van der Waals surface area (Å²) in [5, 5.41) is 0. The number of aromatic amines is 1. The second kappa shape index (κ2) is 4.65. The molecule has 0 radical (unpaired) electrons. The quantitative estimate of drug-likeness (QED) is 0.893. The van der Waals surface area contributed by atoms with E-state index in [4.69, 9.17) is 0 Å². The van der Waals surface area contributed by atoms with Gasteiger partial charge in [-0.3, -0.25) is 4.79 Å². The second-order valence-electron chi connectivity index (χ2n) is 5.37. The minimum Gasteiger partial charge on any atom is -0.323 e. The average Bonchev–Trinajstić information content (AvgIpc) is 2.33. The smallest absolute Gasteiger partial charge is 0.274 e. The van der Waals surface area contributed by atoms with E-state index in [1.165, 1.54) is 24.8 Å². The van der Waals surface area contributed by atoms with Crippen molar-refractivity contribution in [2.45, 2.75) is 39.0 Å². The van der Waals surface area contributed by atoms with Crippen LogP contribution < -0.4 is 5.56 Å². The summed E-state index contributed by atoms with van der Waals surface area (Å²) < 4.78 is 0. The number of H-pyrrole nitrogens is 1. The molecule has 0 unspecified atom stereocenters. The third-order valence-electron chi connectivity index (χ3n) is 4.10. The van der Waals surface area contributed by atoms with Gasteiger partial charge in [-0.25, -0.2) is 4.98 Å². The van der Waals surface area contributed by atoms with E-state index in [-0.39, 0.29) is 5.56 Å². The van der Waals surface area contributed by atoms with Gasteiger partial charge < -0.3 is 4.98 Å². The zero-order chi connectivity index (χ0) is 13.4. The molecule has 1 aliphatic rings. The number of aromatic nitrogens is 2. The van der Waals surface area contributed by atoms with E-state index in [0.717, 1.165) is 22.9 Å². The minimum absolute atomic E-state index is 0.112. The van der Waals surface area contributed by atoms with Crippen LogP contribution in [0.25, 0.3) is 11.3 Å². The highest BCUT2D eigenvalue weighted by Crippen LogP contribution is 2.36. The Balaban J connectivity index is 1.98. The summed E-state index contributed by atoms with van der Waals surface area (Å²) in [6, 6.07) is 8.30. The maximum Gasteiger partial charge on any atom is 0.274 e. The molecule has 3 nitrogen and oxygen atoms in total. The maximum absolute atomic E-state index is 12.0. The summed E-state index contributed by atoms with van der Waals surface area (Å²) in [6.45, 7) is 3.78. The van der Waals surface area contributed by atoms with Crippen LogP contribution in [0.4, 0.5) is 0 Å². The molecule has 1 aromatic heterocycles. The topological polar surface area (TPSA) is 45.8 Å². The molecule has 1 fully saturated rings. The van der Waals surface area contributed by atoms with Crippen LogP contribution in [0.15, 0.2) is 29.1 Å². The van der Waals surface area contributed by atoms with Crippen molar-refractivity contribution in [2.24, 2.45) is 0 Å². The summed E-state index contributed by atoms with van der Waals surface area (Å²) in [5.41, 5.74) is 4.39. The van der Waals surface area contributed by atoms with Crippen LogP contribution in [0.3, 0.4) is 0 Å². The third-order valence-corrected chi connectivity index (χ3v) is 4.10. The van der Waals surface area contributed by atoms with Crippen LogP contribution in [0, 0.1) is 13.8 Å². The number of hydrogen-bond donors (Lipinski definition) is 1. The van der Waals surface area contributed by atoms with E-state index in [2.05, 4.69) is 22.1 Å². The normalized spacial score (nSPS) is 15.3. The molecule has 0 saturated heterocycles. The van der Waals surface area contributed by atoms with Gasteiger partial charge in [0.25, 0.3) is 5.56 Å². The number of benzene rings is 1. The lowest BCUT2D eigenvalue weighted by molar-refractivity contribution is 0.420. The Hall–Kier alpha value is -1.90. The highest BCUT2D eigenvalue weighted by Gasteiger charge is 2.19. The third kappa shape index (κ3) is 2.21. The van der Waals surface area contributed by atoms with Crippen molar-refractivity contribution in [1.29, 1.82) is 0 Å². The van der Waals surface area contributed by atoms with Gasteiger partial charge >= 0.3 is 0 Å². The van der Waals surface area contributed by atoms with Crippen molar-refractivity contribution in [2.75, 3.05) is 0 Å². The van der Waals surface area contributed by atoms with Gasteiger partial charge in [0.05, 0.1) is 5.69 Å². The molecule has 3 rings (SSSR count). The van der Waals surface area contributed by atoms with Crippen molar-refractivity contribution in [3.05, 3.63) is 51.6 Å². The van der Waals surface area contributed by atoms with Gasteiger partial charge in [0.1, 0.15) is 5.69 Å². The Bertz CT molecular complexity index is 651. The van der Waals surface area contributed by atoms with E-state index >= 15 is 0 Å². The Morgan fingerprint density at radius 2 is 1.84 bits per heavy atom. The molecular formula is C16H18N2O. The van der Waals surface area contributed by atoms with Crippen molar-refractivity contribution >= 4 is 0 Å². The number of rotatable bonds is 2. The highest BCUT2D eigenvalue weighted by atomic mass is 16.1. The second-order valence-corrected chi connectivity index (χ2v) is 5.37. The molecule has 1 aromatic carbocycles. The van der Waals surface area contributed by atoms with E-state index in [0.29, 0.717) is 5.69 Å². The molecule has 1 saturated carbocycles. The fraction of sp³-hybridized carbons (Fsp3) is 0.375. The zero-order valence-electron chi connectivity index (χ0n) is 11.4. The summed E-state index contributed by atoms with van der Waals surface area (Å²) in [7, 11) is 0. The van der Waals surface area contributed by atoms with Crippen LogP contribution in [-0.2, 0) is 0 Å². The lowest BCUT2D eigenvalue weighted by atomic mass is 9.80.